The fraction of sp³-hybridized carbons (Fsp3) is 0.222. The van der Waals surface area contributed by atoms with Gasteiger partial charge in [0.1, 0.15) is 5.69 Å². The van der Waals surface area contributed by atoms with Crippen LogP contribution in [0.4, 0.5) is 13.2 Å². The van der Waals surface area contributed by atoms with E-state index >= 15 is 0 Å². The van der Waals surface area contributed by atoms with Crippen molar-refractivity contribution in [1.29, 1.82) is 0 Å². The summed E-state index contributed by atoms with van der Waals surface area (Å²) in [6, 6.07) is 4.77. The van der Waals surface area contributed by atoms with E-state index in [1.807, 2.05) is 5.10 Å². The SMILES string of the molecule is Cc1ccc2n[nH]c(C(F)(F)F)c2c1. The maximum absolute atomic E-state index is 12.4. The van der Waals surface area contributed by atoms with Crippen molar-refractivity contribution in [3.63, 3.8) is 0 Å². The molecule has 0 fully saturated rings. The van der Waals surface area contributed by atoms with Crippen molar-refractivity contribution < 1.29 is 13.2 Å². The van der Waals surface area contributed by atoms with E-state index < -0.39 is 11.9 Å². The lowest BCUT2D eigenvalue weighted by Gasteiger charge is -2.03. The highest BCUT2D eigenvalue weighted by Crippen LogP contribution is 2.33. The van der Waals surface area contributed by atoms with Gasteiger partial charge in [0.2, 0.25) is 0 Å². The van der Waals surface area contributed by atoms with E-state index in [1.165, 1.54) is 6.07 Å². The Kier molecular flexibility index (Phi) is 1.77. The number of benzene rings is 1. The number of halogens is 3. The fourth-order valence-electron chi connectivity index (χ4n) is 1.34. The van der Waals surface area contributed by atoms with Gasteiger partial charge in [0.15, 0.2) is 0 Å². The molecular weight excluding hydrogens is 193 g/mol. The second kappa shape index (κ2) is 2.73. The highest BCUT2D eigenvalue weighted by molar-refractivity contribution is 5.82. The van der Waals surface area contributed by atoms with Crippen LogP contribution in [-0.2, 0) is 6.18 Å². The summed E-state index contributed by atoms with van der Waals surface area (Å²) in [6.07, 6.45) is -4.37. The molecule has 14 heavy (non-hydrogen) atoms. The van der Waals surface area contributed by atoms with Crippen LogP contribution in [0.1, 0.15) is 11.3 Å². The lowest BCUT2D eigenvalue weighted by molar-refractivity contribution is -0.139. The summed E-state index contributed by atoms with van der Waals surface area (Å²) >= 11 is 0. The Balaban J connectivity index is 2.73. The molecule has 5 heteroatoms. The van der Waals surface area contributed by atoms with Gasteiger partial charge >= 0.3 is 6.18 Å². The predicted molar refractivity (Wildman–Crippen MR) is 45.8 cm³/mol. The predicted octanol–water partition coefficient (Wildman–Crippen LogP) is 2.89. The fourth-order valence-corrected chi connectivity index (χ4v) is 1.34. The van der Waals surface area contributed by atoms with Crippen molar-refractivity contribution in [2.45, 2.75) is 13.1 Å². The van der Waals surface area contributed by atoms with Gasteiger partial charge in [0.05, 0.1) is 5.52 Å². The molecule has 1 aromatic heterocycles. The zero-order valence-electron chi connectivity index (χ0n) is 7.31. The summed E-state index contributed by atoms with van der Waals surface area (Å²) in [6.45, 7) is 1.74. The molecule has 0 aliphatic rings. The lowest BCUT2D eigenvalue weighted by Crippen LogP contribution is -2.05. The van der Waals surface area contributed by atoms with E-state index in [-0.39, 0.29) is 5.39 Å². The van der Waals surface area contributed by atoms with E-state index in [9.17, 15) is 13.2 Å². The lowest BCUT2D eigenvalue weighted by atomic mass is 10.1. The van der Waals surface area contributed by atoms with E-state index in [1.54, 1.807) is 19.1 Å². The Morgan fingerprint density at radius 3 is 2.64 bits per heavy atom. The molecule has 2 rings (SSSR count). The average Bonchev–Trinajstić information content (AvgIpc) is 2.45. The molecule has 0 aliphatic carbocycles. The van der Waals surface area contributed by atoms with Crippen molar-refractivity contribution in [2.75, 3.05) is 0 Å². The Labute approximate surface area is 77.7 Å². The van der Waals surface area contributed by atoms with Crippen molar-refractivity contribution in [1.82, 2.24) is 10.2 Å². The van der Waals surface area contributed by atoms with Gasteiger partial charge in [-0.3, -0.25) is 5.10 Å². The molecular formula is C9H7F3N2. The first kappa shape index (κ1) is 9.05. The molecule has 1 heterocycles. The largest absolute Gasteiger partial charge is 0.433 e. The Morgan fingerprint density at radius 2 is 2.00 bits per heavy atom. The number of aromatic nitrogens is 2. The molecule has 0 radical (unpaired) electrons. The van der Waals surface area contributed by atoms with Crippen LogP contribution in [0.25, 0.3) is 10.9 Å². The van der Waals surface area contributed by atoms with Crippen LogP contribution in [0.15, 0.2) is 18.2 Å². The van der Waals surface area contributed by atoms with Crippen LogP contribution in [0.3, 0.4) is 0 Å². The molecule has 0 atom stereocenters. The third-order valence-electron chi connectivity index (χ3n) is 1.99. The highest BCUT2D eigenvalue weighted by atomic mass is 19.4. The highest BCUT2D eigenvalue weighted by Gasteiger charge is 2.34. The first-order chi connectivity index (χ1) is 6.48. The van der Waals surface area contributed by atoms with Gasteiger partial charge in [-0.25, -0.2) is 0 Å². The molecule has 0 amide bonds. The van der Waals surface area contributed by atoms with Crippen molar-refractivity contribution >= 4 is 10.9 Å². The molecule has 1 N–H and O–H groups in total. The number of rotatable bonds is 0. The second-order valence-corrected chi connectivity index (χ2v) is 3.12. The maximum atomic E-state index is 12.4. The van der Waals surface area contributed by atoms with Gasteiger partial charge in [-0.15, -0.1) is 0 Å². The monoisotopic (exact) mass is 200 g/mol. The minimum Gasteiger partial charge on any atom is -0.272 e. The Bertz CT molecular complexity index is 470. The van der Waals surface area contributed by atoms with Gasteiger partial charge in [-0.2, -0.15) is 18.3 Å². The van der Waals surface area contributed by atoms with Gasteiger partial charge in [0.25, 0.3) is 0 Å². The molecule has 0 aliphatic heterocycles. The van der Waals surface area contributed by atoms with Crippen LogP contribution >= 0.6 is 0 Å². The normalized spacial score (nSPS) is 12.3. The van der Waals surface area contributed by atoms with Crippen LogP contribution in [0, 0.1) is 6.92 Å². The Hall–Kier alpha value is -1.52. The molecule has 0 unspecified atom stereocenters. The molecule has 0 saturated heterocycles. The van der Waals surface area contributed by atoms with Gasteiger partial charge in [-0.1, -0.05) is 11.6 Å². The number of alkyl halides is 3. The average molecular weight is 200 g/mol. The quantitative estimate of drug-likeness (QED) is 0.695. The van der Waals surface area contributed by atoms with Crippen LogP contribution in [0.2, 0.25) is 0 Å². The first-order valence-corrected chi connectivity index (χ1v) is 4.00. The van der Waals surface area contributed by atoms with Crippen molar-refractivity contribution in [3.05, 3.63) is 29.5 Å². The topological polar surface area (TPSA) is 28.7 Å². The molecule has 0 spiro atoms. The number of H-pyrrole nitrogens is 1. The molecule has 2 aromatic rings. The number of nitrogens with one attached hydrogen (secondary N) is 1. The summed E-state index contributed by atoms with van der Waals surface area (Å²) in [5.74, 6) is 0. The Morgan fingerprint density at radius 1 is 1.29 bits per heavy atom. The molecule has 2 nitrogen and oxygen atoms in total. The van der Waals surface area contributed by atoms with E-state index in [0.29, 0.717) is 5.52 Å². The summed E-state index contributed by atoms with van der Waals surface area (Å²) in [5, 5.41) is 5.71. The molecule has 0 bridgehead atoms. The summed E-state index contributed by atoms with van der Waals surface area (Å²) in [4.78, 5) is 0. The number of aryl methyl sites for hydroxylation is 1. The number of fused-ring (bicyclic) bond motifs is 1. The minimum atomic E-state index is -4.37. The van der Waals surface area contributed by atoms with E-state index in [0.717, 1.165) is 5.56 Å². The zero-order chi connectivity index (χ0) is 10.3. The number of hydrogen-bond donors (Lipinski definition) is 1. The summed E-state index contributed by atoms with van der Waals surface area (Å²) in [7, 11) is 0. The van der Waals surface area contributed by atoms with E-state index in [2.05, 4.69) is 5.10 Å². The molecule has 0 saturated carbocycles. The molecule has 1 aromatic carbocycles. The standard InChI is InChI=1S/C9H7F3N2/c1-5-2-3-7-6(4-5)8(14-13-7)9(10,11)12/h2-4H,1H3,(H,13,14). The van der Waals surface area contributed by atoms with Crippen LogP contribution in [0.5, 0.6) is 0 Å². The van der Waals surface area contributed by atoms with Crippen molar-refractivity contribution in [3.8, 4) is 0 Å². The van der Waals surface area contributed by atoms with Gasteiger partial charge in [0, 0.05) is 5.39 Å². The third-order valence-corrected chi connectivity index (χ3v) is 1.99. The van der Waals surface area contributed by atoms with Crippen LogP contribution < -0.4 is 0 Å². The maximum Gasteiger partial charge on any atom is 0.433 e. The van der Waals surface area contributed by atoms with Gasteiger partial charge < -0.3 is 0 Å². The van der Waals surface area contributed by atoms with Gasteiger partial charge in [-0.05, 0) is 19.1 Å². The second-order valence-electron chi connectivity index (χ2n) is 3.12. The summed E-state index contributed by atoms with van der Waals surface area (Å²) in [5.41, 5.74) is 0.337. The van der Waals surface area contributed by atoms with Crippen LogP contribution in [-0.4, -0.2) is 10.2 Å². The number of aromatic amines is 1. The minimum absolute atomic E-state index is 0.123. The number of hydrogen-bond acceptors (Lipinski definition) is 1. The first-order valence-electron chi connectivity index (χ1n) is 4.00. The van der Waals surface area contributed by atoms with E-state index in [4.69, 9.17) is 0 Å². The smallest absolute Gasteiger partial charge is 0.272 e. The number of nitrogens with zero attached hydrogens (tertiary/aromatic N) is 1. The zero-order valence-corrected chi connectivity index (χ0v) is 7.31. The van der Waals surface area contributed by atoms with Crippen molar-refractivity contribution in [2.24, 2.45) is 0 Å². The third kappa shape index (κ3) is 1.34. The molecule has 74 valence electrons. The summed E-state index contributed by atoms with van der Waals surface area (Å²) < 4.78 is 37.2.